The van der Waals surface area contributed by atoms with E-state index in [4.69, 9.17) is 0 Å². The molecule has 1 aromatic carbocycles. The lowest BCUT2D eigenvalue weighted by molar-refractivity contribution is 0.0787. The van der Waals surface area contributed by atoms with Crippen LogP contribution in [0.4, 0.5) is 5.69 Å². The van der Waals surface area contributed by atoms with Gasteiger partial charge in [0.05, 0.1) is 12.1 Å². The van der Waals surface area contributed by atoms with Gasteiger partial charge in [-0.3, -0.25) is 4.79 Å². The van der Waals surface area contributed by atoms with Gasteiger partial charge in [-0.05, 0) is 42.5 Å². The molecule has 4 heteroatoms. The predicted molar refractivity (Wildman–Crippen MR) is 90.1 cm³/mol. The van der Waals surface area contributed by atoms with E-state index in [9.17, 15) is 4.79 Å². The highest BCUT2D eigenvalue weighted by molar-refractivity contribution is 7.09. The second kappa shape index (κ2) is 7.27. The van der Waals surface area contributed by atoms with Crippen molar-refractivity contribution in [3.05, 3.63) is 51.7 Å². The van der Waals surface area contributed by atoms with E-state index in [0.29, 0.717) is 6.54 Å². The van der Waals surface area contributed by atoms with Gasteiger partial charge >= 0.3 is 0 Å². The van der Waals surface area contributed by atoms with Crippen molar-refractivity contribution in [3.63, 3.8) is 0 Å². The molecule has 2 aromatic rings. The van der Waals surface area contributed by atoms with E-state index in [1.54, 1.807) is 16.2 Å². The number of amides is 1. The lowest BCUT2D eigenvalue weighted by atomic mass is 10.1. The van der Waals surface area contributed by atoms with Crippen LogP contribution >= 0.6 is 11.3 Å². The van der Waals surface area contributed by atoms with Crippen LogP contribution in [0, 0.1) is 6.92 Å². The fourth-order valence-corrected chi connectivity index (χ4v) is 2.92. The summed E-state index contributed by atoms with van der Waals surface area (Å²) in [7, 11) is 1.85. The number of carbonyl (C=O) groups is 1. The van der Waals surface area contributed by atoms with Gasteiger partial charge in [-0.1, -0.05) is 19.1 Å². The molecule has 112 valence electrons. The summed E-state index contributed by atoms with van der Waals surface area (Å²) in [6, 6.07) is 10.0. The molecule has 0 spiro atoms. The van der Waals surface area contributed by atoms with Gasteiger partial charge in [-0.15, -0.1) is 11.3 Å². The van der Waals surface area contributed by atoms with Crippen molar-refractivity contribution in [2.24, 2.45) is 0 Å². The largest absolute Gasteiger partial charge is 0.384 e. The van der Waals surface area contributed by atoms with Crippen LogP contribution in [0.5, 0.6) is 0 Å². The molecule has 1 N–H and O–H groups in total. The molecule has 1 heterocycles. The summed E-state index contributed by atoms with van der Waals surface area (Å²) in [5, 5.41) is 5.39. The Bertz CT molecular complexity index is 593. The standard InChI is InChI=1S/C17H22N2OS/c1-4-9-18-16-11-13(2)7-8-15(16)17(20)19(3)12-14-6-5-10-21-14/h5-8,10-11,18H,4,9,12H2,1-3H3. The maximum absolute atomic E-state index is 12.7. The van der Waals surface area contributed by atoms with Crippen LogP contribution in [0.15, 0.2) is 35.7 Å². The molecule has 3 nitrogen and oxygen atoms in total. The Morgan fingerprint density at radius 3 is 2.81 bits per heavy atom. The zero-order valence-electron chi connectivity index (χ0n) is 12.8. The van der Waals surface area contributed by atoms with E-state index in [0.717, 1.165) is 29.8 Å². The highest BCUT2D eigenvalue weighted by Gasteiger charge is 2.16. The fraction of sp³-hybridized carbons (Fsp3) is 0.353. The smallest absolute Gasteiger partial charge is 0.256 e. The van der Waals surface area contributed by atoms with Gasteiger partial charge in [0.25, 0.3) is 5.91 Å². The zero-order chi connectivity index (χ0) is 15.2. The summed E-state index contributed by atoms with van der Waals surface area (Å²) in [6.07, 6.45) is 1.03. The zero-order valence-corrected chi connectivity index (χ0v) is 13.7. The average molecular weight is 302 g/mol. The minimum absolute atomic E-state index is 0.0574. The van der Waals surface area contributed by atoms with Crippen LogP contribution in [0.25, 0.3) is 0 Å². The molecule has 0 aliphatic rings. The number of aryl methyl sites for hydroxylation is 1. The summed E-state index contributed by atoms with van der Waals surface area (Å²) in [5.74, 6) is 0.0574. The Morgan fingerprint density at radius 1 is 1.33 bits per heavy atom. The molecule has 0 saturated carbocycles. The number of thiophene rings is 1. The molecule has 0 fully saturated rings. The summed E-state index contributed by atoms with van der Waals surface area (Å²) < 4.78 is 0. The fourth-order valence-electron chi connectivity index (χ4n) is 2.16. The van der Waals surface area contributed by atoms with Crippen LogP contribution in [0.3, 0.4) is 0 Å². The number of nitrogens with one attached hydrogen (secondary N) is 1. The molecule has 0 bridgehead atoms. The third-order valence-corrected chi connectivity index (χ3v) is 4.15. The van der Waals surface area contributed by atoms with E-state index in [2.05, 4.69) is 18.3 Å². The van der Waals surface area contributed by atoms with Gasteiger partial charge in [0.2, 0.25) is 0 Å². The van der Waals surface area contributed by atoms with Crippen molar-refractivity contribution >= 4 is 22.9 Å². The molecule has 1 amide bonds. The highest BCUT2D eigenvalue weighted by atomic mass is 32.1. The van der Waals surface area contributed by atoms with Crippen LogP contribution in [0.1, 0.15) is 34.1 Å². The van der Waals surface area contributed by atoms with E-state index in [1.165, 1.54) is 4.88 Å². The summed E-state index contributed by atoms with van der Waals surface area (Å²) in [6.45, 7) is 5.68. The minimum Gasteiger partial charge on any atom is -0.384 e. The average Bonchev–Trinajstić information content (AvgIpc) is 2.97. The second-order valence-corrected chi connectivity index (χ2v) is 6.25. The van der Waals surface area contributed by atoms with E-state index in [1.807, 2.05) is 43.6 Å². The Balaban J connectivity index is 2.17. The van der Waals surface area contributed by atoms with Crippen molar-refractivity contribution in [3.8, 4) is 0 Å². The number of benzene rings is 1. The number of nitrogens with zero attached hydrogens (tertiary/aromatic N) is 1. The SMILES string of the molecule is CCCNc1cc(C)ccc1C(=O)N(C)Cc1cccs1. The van der Waals surface area contributed by atoms with Crippen molar-refractivity contribution in [1.29, 1.82) is 0 Å². The van der Waals surface area contributed by atoms with Gasteiger partial charge in [0.15, 0.2) is 0 Å². The number of anilines is 1. The molecule has 2 rings (SSSR count). The van der Waals surface area contributed by atoms with Crippen LogP contribution in [-0.2, 0) is 6.54 Å². The molecule has 0 aliphatic carbocycles. The topological polar surface area (TPSA) is 32.3 Å². The molecule has 0 unspecified atom stereocenters. The Hall–Kier alpha value is -1.81. The third-order valence-electron chi connectivity index (χ3n) is 3.29. The lowest BCUT2D eigenvalue weighted by Gasteiger charge is -2.19. The summed E-state index contributed by atoms with van der Waals surface area (Å²) in [5.41, 5.74) is 2.83. The van der Waals surface area contributed by atoms with Gasteiger partial charge in [-0.2, -0.15) is 0 Å². The maximum atomic E-state index is 12.7. The van der Waals surface area contributed by atoms with Crippen LogP contribution < -0.4 is 5.32 Å². The first-order chi connectivity index (χ1) is 10.1. The van der Waals surface area contributed by atoms with Crippen molar-refractivity contribution < 1.29 is 4.79 Å². The number of carbonyl (C=O) groups excluding carboxylic acids is 1. The molecule has 1 aromatic heterocycles. The predicted octanol–water partition coefficient (Wildman–Crippen LogP) is 4.15. The monoisotopic (exact) mass is 302 g/mol. The number of hydrogen-bond acceptors (Lipinski definition) is 3. The second-order valence-electron chi connectivity index (χ2n) is 5.22. The van der Waals surface area contributed by atoms with Gasteiger partial charge in [0, 0.05) is 24.2 Å². The van der Waals surface area contributed by atoms with Gasteiger partial charge in [-0.25, -0.2) is 0 Å². The molecule has 0 aliphatic heterocycles. The lowest BCUT2D eigenvalue weighted by Crippen LogP contribution is -2.26. The maximum Gasteiger partial charge on any atom is 0.256 e. The Morgan fingerprint density at radius 2 is 2.14 bits per heavy atom. The third kappa shape index (κ3) is 4.08. The summed E-state index contributed by atoms with van der Waals surface area (Å²) in [4.78, 5) is 15.6. The van der Waals surface area contributed by atoms with E-state index in [-0.39, 0.29) is 5.91 Å². The normalized spacial score (nSPS) is 10.4. The molecule has 0 saturated heterocycles. The van der Waals surface area contributed by atoms with Crippen molar-refractivity contribution in [1.82, 2.24) is 4.90 Å². The van der Waals surface area contributed by atoms with E-state index < -0.39 is 0 Å². The van der Waals surface area contributed by atoms with Crippen molar-refractivity contribution in [2.45, 2.75) is 26.8 Å². The minimum atomic E-state index is 0.0574. The highest BCUT2D eigenvalue weighted by Crippen LogP contribution is 2.21. The number of hydrogen-bond donors (Lipinski definition) is 1. The first kappa shape index (κ1) is 15.6. The van der Waals surface area contributed by atoms with Crippen LogP contribution in [-0.4, -0.2) is 24.4 Å². The molecular weight excluding hydrogens is 280 g/mol. The summed E-state index contributed by atoms with van der Waals surface area (Å²) >= 11 is 1.67. The van der Waals surface area contributed by atoms with Gasteiger partial charge < -0.3 is 10.2 Å². The first-order valence-electron chi connectivity index (χ1n) is 7.24. The molecular formula is C17H22N2OS. The van der Waals surface area contributed by atoms with Crippen LogP contribution in [0.2, 0.25) is 0 Å². The van der Waals surface area contributed by atoms with E-state index >= 15 is 0 Å². The molecule has 0 atom stereocenters. The van der Waals surface area contributed by atoms with Gasteiger partial charge in [0.1, 0.15) is 0 Å². The Labute approximate surface area is 130 Å². The Kier molecular flexibility index (Phi) is 5.39. The number of rotatable bonds is 6. The first-order valence-corrected chi connectivity index (χ1v) is 8.12. The quantitative estimate of drug-likeness (QED) is 0.869. The molecule has 0 radical (unpaired) electrons. The van der Waals surface area contributed by atoms with Crippen molar-refractivity contribution in [2.75, 3.05) is 18.9 Å². The molecule has 21 heavy (non-hydrogen) atoms.